The molecule has 0 bridgehead atoms. The minimum atomic E-state index is -0.389. The third-order valence-electron chi connectivity index (χ3n) is 4.45. The van der Waals surface area contributed by atoms with Gasteiger partial charge in [0.05, 0.1) is 24.6 Å². The summed E-state index contributed by atoms with van der Waals surface area (Å²) < 4.78 is 27.6. The van der Waals surface area contributed by atoms with Crippen LogP contribution < -0.4 is 10.5 Å². The maximum absolute atomic E-state index is 15.0. The predicted molar refractivity (Wildman–Crippen MR) is 114 cm³/mol. The number of nitrogens with zero attached hydrogens (tertiary/aromatic N) is 3. The minimum absolute atomic E-state index is 0.222. The lowest BCUT2D eigenvalue weighted by Gasteiger charge is -2.25. The molecule has 0 aliphatic rings. The van der Waals surface area contributed by atoms with Crippen LogP contribution in [-0.4, -0.2) is 49.1 Å². The Labute approximate surface area is 172 Å². The average molecular weight is 406 g/mol. The Balaban J connectivity index is 2.23. The lowest BCUT2D eigenvalue weighted by atomic mass is 10.2. The second-order valence-corrected chi connectivity index (χ2v) is 6.97. The molecule has 6 nitrogen and oxygen atoms in total. The molecule has 29 heavy (non-hydrogen) atoms. The lowest BCUT2D eigenvalue weighted by Crippen LogP contribution is -2.32. The molecule has 0 saturated heterocycles. The van der Waals surface area contributed by atoms with Crippen LogP contribution in [0.5, 0.6) is 0 Å². The first-order chi connectivity index (χ1) is 14.0. The third kappa shape index (κ3) is 6.65. The zero-order valence-corrected chi connectivity index (χ0v) is 17.9. The normalized spacial score (nSPS) is 11.1. The molecule has 1 aromatic heterocycles. The summed E-state index contributed by atoms with van der Waals surface area (Å²) in [6.45, 7) is 11.1. The summed E-state index contributed by atoms with van der Waals surface area (Å²) in [5.74, 6) is 0.139. The molecule has 1 heterocycles. The van der Waals surface area contributed by atoms with Gasteiger partial charge in [-0.05, 0) is 38.8 Å². The first-order valence-corrected chi connectivity index (χ1v) is 10.3. The highest BCUT2D eigenvalue weighted by Crippen LogP contribution is 2.22. The highest BCUT2D eigenvalue weighted by molar-refractivity contribution is 5.52. The summed E-state index contributed by atoms with van der Waals surface area (Å²) in [6, 6.07) is 6.28. The molecule has 160 valence electrons. The van der Waals surface area contributed by atoms with Gasteiger partial charge in [-0.3, -0.25) is 9.36 Å². The van der Waals surface area contributed by atoms with Crippen LogP contribution in [0.3, 0.4) is 0 Å². The topological polar surface area (TPSA) is 56.6 Å². The molecule has 0 aliphatic heterocycles. The van der Waals surface area contributed by atoms with E-state index in [2.05, 4.69) is 18.8 Å². The molecule has 0 unspecified atom stereocenters. The second-order valence-electron chi connectivity index (χ2n) is 6.97. The van der Waals surface area contributed by atoms with Crippen molar-refractivity contribution in [2.24, 2.45) is 0 Å². The van der Waals surface area contributed by atoms with Crippen molar-refractivity contribution < 1.29 is 13.9 Å². The molecule has 0 fully saturated rings. The Morgan fingerprint density at radius 1 is 1.00 bits per heavy atom. The summed E-state index contributed by atoms with van der Waals surface area (Å²) in [6.07, 6.45) is 1.89. The summed E-state index contributed by atoms with van der Waals surface area (Å²) in [7, 11) is 0. The SMILES string of the molecule is CCCOCCN(CCOCCC)c1ccc(-n2c(C)nc(C)cc2=O)cc1F. The maximum Gasteiger partial charge on any atom is 0.258 e. The van der Waals surface area contributed by atoms with Gasteiger partial charge in [0.1, 0.15) is 11.6 Å². The van der Waals surface area contributed by atoms with E-state index in [1.165, 1.54) is 16.7 Å². The number of aryl methyl sites for hydroxylation is 2. The van der Waals surface area contributed by atoms with E-state index in [1.54, 1.807) is 26.0 Å². The molecule has 2 aromatic rings. The number of ether oxygens (including phenoxy) is 2. The zero-order valence-electron chi connectivity index (χ0n) is 17.9. The number of aromatic nitrogens is 2. The Kier molecular flexibility index (Phi) is 9.28. The van der Waals surface area contributed by atoms with E-state index >= 15 is 4.39 Å². The Morgan fingerprint density at radius 2 is 1.62 bits per heavy atom. The van der Waals surface area contributed by atoms with Gasteiger partial charge in [0, 0.05) is 44.1 Å². The van der Waals surface area contributed by atoms with Gasteiger partial charge in [-0.25, -0.2) is 9.37 Å². The molecule has 0 aliphatic carbocycles. The molecule has 0 saturated carbocycles. The fourth-order valence-corrected chi connectivity index (χ4v) is 3.14. The predicted octanol–water partition coefficient (Wildman–Crippen LogP) is 3.65. The quantitative estimate of drug-likeness (QED) is 0.505. The van der Waals surface area contributed by atoms with E-state index in [0.717, 1.165) is 12.8 Å². The summed E-state index contributed by atoms with van der Waals surface area (Å²) in [4.78, 5) is 18.6. The Bertz CT molecular complexity index is 827. The van der Waals surface area contributed by atoms with Crippen LogP contribution in [0.4, 0.5) is 10.1 Å². The minimum Gasteiger partial charge on any atom is -0.380 e. The van der Waals surface area contributed by atoms with Crippen molar-refractivity contribution in [3.05, 3.63) is 52.0 Å². The van der Waals surface area contributed by atoms with Crippen LogP contribution >= 0.6 is 0 Å². The van der Waals surface area contributed by atoms with Gasteiger partial charge in [-0.15, -0.1) is 0 Å². The monoisotopic (exact) mass is 405 g/mol. The molecule has 2 rings (SSSR count). The molecule has 0 N–H and O–H groups in total. The Morgan fingerprint density at radius 3 is 2.14 bits per heavy atom. The van der Waals surface area contributed by atoms with Crippen molar-refractivity contribution in [3.63, 3.8) is 0 Å². The number of rotatable bonds is 12. The van der Waals surface area contributed by atoms with Crippen LogP contribution in [0.2, 0.25) is 0 Å². The van der Waals surface area contributed by atoms with Crippen LogP contribution in [0.25, 0.3) is 5.69 Å². The average Bonchev–Trinajstić information content (AvgIpc) is 2.66. The molecule has 0 amide bonds. The van der Waals surface area contributed by atoms with E-state index in [9.17, 15) is 4.79 Å². The van der Waals surface area contributed by atoms with Crippen molar-refractivity contribution in [2.45, 2.75) is 40.5 Å². The Hall–Kier alpha value is -2.25. The first-order valence-electron chi connectivity index (χ1n) is 10.3. The van der Waals surface area contributed by atoms with Crippen molar-refractivity contribution in [1.82, 2.24) is 9.55 Å². The van der Waals surface area contributed by atoms with Crippen molar-refractivity contribution in [1.29, 1.82) is 0 Å². The van der Waals surface area contributed by atoms with E-state index in [1.807, 2.05) is 4.90 Å². The van der Waals surface area contributed by atoms with Crippen LogP contribution in [0.15, 0.2) is 29.1 Å². The molecule has 1 aromatic carbocycles. The van der Waals surface area contributed by atoms with E-state index in [0.29, 0.717) is 62.4 Å². The number of hydrogen-bond donors (Lipinski definition) is 0. The fourth-order valence-electron chi connectivity index (χ4n) is 3.14. The lowest BCUT2D eigenvalue weighted by molar-refractivity contribution is 0.129. The van der Waals surface area contributed by atoms with E-state index in [4.69, 9.17) is 9.47 Å². The molecule has 7 heteroatoms. The number of benzene rings is 1. The first kappa shape index (κ1) is 23.0. The van der Waals surface area contributed by atoms with Crippen LogP contribution in [0.1, 0.15) is 38.2 Å². The van der Waals surface area contributed by atoms with Gasteiger partial charge in [-0.2, -0.15) is 0 Å². The molecule has 0 atom stereocenters. The van der Waals surface area contributed by atoms with E-state index < -0.39 is 0 Å². The summed E-state index contributed by atoms with van der Waals surface area (Å²) in [5, 5.41) is 0. The highest BCUT2D eigenvalue weighted by atomic mass is 19.1. The van der Waals surface area contributed by atoms with Crippen LogP contribution in [-0.2, 0) is 9.47 Å². The standard InChI is InChI=1S/C22H32FN3O3/c1-5-11-28-13-9-25(10-14-29-12-6-2)21-8-7-19(16-20(21)23)26-18(4)24-17(3)15-22(26)27/h7-8,15-16H,5-6,9-14H2,1-4H3. The zero-order chi connectivity index (χ0) is 21.2. The van der Waals surface area contributed by atoms with Gasteiger partial charge >= 0.3 is 0 Å². The molecule has 0 radical (unpaired) electrons. The third-order valence-corrected chi connectivity index (χ3v) is 4.45. The number of hydrogen-bond acceptors (Lipinski definition) is 5. The fraction of sp³-hybridized carbons (Fsp3) is 0.545. The van der Waals surface area contributed by atoms with Gasteiger partial charge in [0.2, 0.25) is 0 Å². The molecular formula is C22H32FN3O3. The molecule has 0 spiro atoms. The van der Waals surface area contributed by atoms with Gasteiger partial charge in [0.25, 0.3) is 5.56 Å². The van der Waals surface area contributed by atoms with Crippen molar-refractivity contribution >= 4 is 5.69 Å². The largest absolute Gasteiger partial charge is 0.380 e. The van der Waals surface area contributed by atoms with Gasteiger partial charge < -0.3 is 14.4 Å². The van der Waals surface area contributed by atoms with Crippen molar-refractivity contribution in [2.75, 3.05) is 44.4 Å². The smallest absolute Gasteiger partial charge is 0.258 e. The second kappa shape index (κ2) is 11.7. The molecular weight excluding hydrogens is 373 g/mol. The number of halogens is 1. The summed E-state index contributed by atoms with van der Waals surface area (Å²) in [5.41, 5.74) is 1.36. The van der Waals surface area contributed by atoms with Gasteiger partial charge in [0.15, 0.2) is 0 Å². The van der Waals surface area contributed by atoms with E-state index in [-0.39, 0.29) is 11.4 Å². The maximum atomic E-state index is 15.0. The van der Waals surface area contributed by atoms with Crippen LogP contribution in [0, 0.1) is 19.7 Å². The summed E-state index contributed by atoms with van der Waals surface area (Å²) >= 11 is 0. The van der Waals surface area contributed by atoms with Crippen molar-refractivity contribution in [3.8, 4) is 5.69 Å². The van der Waals surface area contributed by atoms with Gasteiger partial charge in [-0.1, -0.05) is 13.8 Å². The number of anilines is 1. The highest BCUT2D eigenvalue weighted by Gasteiger charge is 2.14.